The molecule has 2 N–H and O–H groups in total. The van der Waals surface area contributed by atoms with Crippen molar-refractivity contribution in [1.82, 2.24) is 10.2 Å². The van der Waals surface area contributed by atoms with Gasteiger partial charge in [-0.2, -0.15) is 0 Å². The lowest BCUT2D eigenvalue weighted by atomic mass is 10.0. The summed E-state index contributed by atoms with van der Waals surface area (Å²) in [5.74, 6) is -4.43. The number of carbonyl (C=O) groups is 2. The Bertz CT molecular complexity index is 689. The summed E-state index contributed by atoms with van der Waals surface area (Å²) in [4.78, 5) is 25.7. The summed E-state index contributed by atoms with van der Waals surface area (Å²) < 4.78 is 45.1. The summed E-state index contributed by atoms with van der Waals surface area (Å²) in [6.45, 7) is 3.84. The summed E-state index contributed by atoms with van der Waals surface area (Å²) in [6.07, 6.45) is -3.04. The number of benzene rings is 1. The van der Waals surface area contributed by atoms with E-state index >= 15 is 0 Å². The van der Waals surface area contributed by atoms with Gasteiger partial charge in [-0.15, -0.1) is 0 Å². The van der Waals surface area contributed by atoms with E-state index < -0.39 is 54.5 Å². The fraction of sp³-hybridized carbons (Fsp3) is 0.556. The standard InChI is InChI=1S/C18H23F3N2O4/c1-17(2,3)27-16(26)22-13(14(24)11-4-6-12(19)7-5-11)15(25)23-9-8-18(20,21)10-23/h4-7,13-14,24H,8-10H2,1-3H3,(H,22,26)/t13-,14+/m1/s1. The van der Waals surface area contributed by atoms with E-state index in [1.54, 1.807) is 20.8 Å². The van der Waals surface area contributed by atoms with Gasteiger partial charge in [-0.25, -0.2) is 18.0 Å². The molecule has 1 aromatic carbocycles. The van der Waals surface area contributed by atoms with Crippen LogP contribution in [0, 0.1) is 5.82 Å². The molecule has 2 rings (SSSR count). The van der Waals surface area contributed by atoms with E-state index in [9.17, 15) is 27.9 Å². The van der Waals surface area contributed by atoms with Crippen LogP contribution >= 0.6 is 0 Å². The zero-order valence-corrected chi connectivity index (χ0v) is 15.3. The van der Waals surface area contributed by atoms with E-state index in [0.717, 1.165) is 17.0 Å². The van der Waals surface area contributed by atoms with Gasteiger partial charge in [0.1, 0.15) is 23.6 Å². The van der Waals surface area contributed by atoms with Gasteiger partial charge in [0.2, 0.25) is 5.91 Å². The highest BCUT2D eigenvalue weighted by Gasteiger charge is 2.44. The number of nitrogens with one attached hydrogen (secondary N) is 1. The van der Waals surface area contributed by atoms with E-state index in [1.165, 1.54) is 12.1 Å². The summed E-state index contributed by atoms with van der Waals surface area (Å²) in [7, 11) is 0. The van der Waals surface area contributed by atoms with Gasteiger partial charge in [0.25, 0.3) is 5.92 Å². The van der Waals surface area contributed by atoms with Crippen molar-refractivity contribution < 1.29 is 32.6 Å². The second-order valence-corrected chi connectivity index (χ2v) is 7.49. The zero-order valence-electron chi connectivity index (χ0n) is 15.3. The lowest BCUT2D eigenvalue weighted by molar-refractivity contribution is -0.137. The van der Waals surface area contributed by atoms with Crippen LogP contribution in [0.3, 0.4) is 0 Å². The minimum atomic E-state index is -3.02. The van der Waals surface area contributed by atoms with Gasteiger partial charge in [-0.3, -0.25) is 4.79 Å². The summed E-state index contributed by atoms with van der Waals surface area (Å²) in [5.41, 5.74) is -0.712. The number of nitrogens with zero attached hydrogens (tertiary/aromatic N) is 1. The third kappa shape index (κ3) is 5.85. The lowest BCUT2D eigenvalue weighted by Crippen LogP contribution is -2.52. The number of alkyl halides is 2. The number of likely N-dealkylation sites (tertiary alicyclic amines) is 1. The Morgan fingerprint density at radius 1 is 1.26 bits per heavy atom. The van der Waals surface area contributed by atoms with Crippen LogP contribution in [0.4, 0.5) is 18.0 Å². The predicted molar refractivity (Wildman–Crippen MR) is 90.7 cm³/mol. The van der Waals surface area contributed by atoms with Gasteiger partial charge < -0.3 is 20.1 Å². The molecule has 1 heterocycles. The number of amides is 2. The summed E-state index contributed by atoms with van der Waals surface area (Å²) in [5, 5.41) is 12.8. The maximum Gasteiger partial charge on any atom is 0.408 e. The monoisotopic (exact) mass is 388 g/mol. The van der Waals surface area contributed by atoms with Gasteiger partial charge in [-0.05, 0) is 38.5 Å². The molecule has 1 fully saturated rings. The van der Waals surface area contributed by atoms with Crippen LogP contribution in [-0.4, -0.2) is 52.7 Å². The minimum absolute atomic E-state index is 0.150. The van der Waals surface area contributed by atoms with Crippen molar-refractivity contribution in [3.8, 4) is 0 Å². The number of carbonyl (C=O) groups excluding carboxylic acids is 2. The molecular formula is C18H23F3N2O4. The number of alkyl carbamates (subject to hydrolysis) is 1. The van der Waals surface area contributed by atoms with Crippen molar-refractivity contribution in [2.24, 2.45) is 0 Å². The highest BCUT2D eigenvalue weighted by atomic mass is 19.3. The molecule has 0 unspecified atom stereocenters. The number of ether oxygens (including phenoxy) is 1. The average Bonchev–Trinajstić information content (AvgIpc) is 2.90. The Kier molecular flexibility index (Phi) is 6.04. The average molecular weight is 388 g/mol. The van der Waals surface area contributed by atoms with Crippen molar-refractivity contribution in [2.45, 2.75) is 50.9 Å². The molecule has 2 atom stereocenters. The zero-order chi connectivity index (χ0) is 20.4. The smallest absolute Gasteiger partial charge is 0.408 e. The fourth-order valence-electron chi connectivity index (χ4n) is 2.68. The van der Waals surface area contributed by atoms with Crippen LogP contribution in [0.2, 0.25) is 0 Å². The van der Waals surface area contributed by atoms with Crippen molar-refractivity contribution in [2.75, 3.05) is 13.1 Å². The number of hydrogen-bond donors (Lipinski definition) is 2. The highest BCUT2D eigenvalue weighted by Crippen LogP contribution is 2.29. The first-order valence-corrected chi connectivity index (χ1v) is 8.48. The highest BCUT2D eigenvalue weighted by molar-refractivity contribution is 5.87. The molecule has 150 valence electrons. The number of rotatable bonds is 4. The number of hydrogen-bond acceptors (Lipinski definition) is 4. The minimum Gasteiger partial charge on any atom is -0.444 e. The molecule has 1 saturated heterocycles. The number of halogens is 3. The van der Waals surface area contributed by atoms with Gasteiger partial charge in [-0.1, -0.05) is 12.1 Å². The Morgan fingerprint density at radius 3 is 2.33 bits per heavy atom. The van der Waals surface area contributed by atoms with Crippen LogP contribution < -0.4 is 5.32 Å². The Hall–Kier alpha value is -2.29. The Balaban J connectivity index is 2.23. The molecule has 1 aromatic rings. The molecule has 1 aliphatic heterocycles. The van der Waals surface area contributed by atoms with E-state index in [1.807, 2.05) is 0 Å². The molecule has 2 amide bonds. The molecule has 0 saturated carbocycles. The van der Waals surface area contributed by atoms with Crippen LogP contribution in [0.1, 0.15) is 38.9 Å². The van der Waals surface area contributed by atoms with Crippen LogP contribution in [0.15, 0.2) is 24.3 Å². The third-order valence-electron chi connectivity index (χ3n) is 3.95. The van der Waals surface area contributed by atoms with Crippen molar-refractivity contribution in [1.29, 1.82) is 0 Å². The van der Waals surface area contributed by atoms with Crippen molar-refractivity contribution in [3.63, 3.8) is 0 Å². The third-order valence-corrected chi connectivity index (χ3v) is 3.95. The maximum atomic E-state index is 13.5. The first kappa shape index (κ1) is 21.0. The molecule has 0 aliphatic carbocycles. The van der Waals surface area contributed by atoms with E-state index in [0.29, 0.717) is 0 Å². The van der Waals surface area contributed by atoms with Gasteiger partial charge in [0.15, 0.2) is 0 Å². The summed E-state index contributed by atoms with van der Waals surface area (Å²) in [6, 6.07) is 3.10. The fourth-order valence-corrected chi connectivity index (χ4v) is 2.68. The first-order valence-electron chi connectivity index (χ1n) is 8.48. The van der Waals surface area contributed by atoms with Crippen molar-refractivity contribution in [3.05, 3.63) is 35.6 Å². The molecule has 0 aromatic heterocycles. The van der Waals surface area contributed by atoms with Gasteiger partial charge in [0, 0.05) is 13.0 Å². The molecule has 0 radical (unpaired) electrons. The van der Waals surface area contributed by atoms with Crippen LogP contribution in [0.5, 0.6) is 0 Å². The molecule has 0 spiro atoms. The maximum absolute atomic E-state index is 13.5. The van der Waals surface area contributed by atoms with E-state index in [-0.39, 0.29) is 12.1 Å². The van der Waals surface area contributed by atoms with Crippen molar-refractivity contribution >= 4 is 12.0 Å². The molecular weight excluding hydrogens is 365 g/mol. The van der Waals surface area contributed by atoms with E-state index in [2.05, 4.69) is 5.32 Å². The van der Waals surface area contributed by atoms with E-state index in [4.69, 9.17) is 4.74 Å². The Labute approximate surface area is 155 Å². The SMILES string of the molecule is CC(C)(C)OC(=O)N[C@@H](C(=O)N1CCC(F)(F)C1)[C@@H](O)c1ccc(F)cc1. The largest absolute Gasteiger partial charge is 0.444 e. The molecule has 0 bridgehead atoms. The Morgan fingerprint density at radius 2 is 1.85 bits per heavy atom. The predicted octanol–water partition coefficient (Wildman–Crippen LogP) is 2.62. The normalized spacial score (nSPS) is 18.7. The van der Waals surface area contributed by atoms with Crippen LogP contribution in [-0.2, 0) is 9.53 Å². The lowest BCUT2D eigenvalue weighted by Gasteiger charge is -2.29. The molecule has 27 heavy (non-hydrogen) atoms. The first-order chi connectivity index (χ1) is 12.4. The van der Waals surface area contributed by atoms with Gasteiger partial charge in [0.05, 0.1) is 6.54 Å². The second-order valence-electron chi connectivity index (χ2n) is 7.49. The number of aliphatic hydroxyl groups is 1. The topological polar surface area (TPSA) is 78.9 Å². The molecule has 6 nitrogen and oxygen atoms in total. The number of aliphatic hydroxyl groups excluding tert-OH is 1. The molecule has 9 heteroatoms. The quantitative estimate of drug-likeness (QED) is 0.831. The van der Waals surface area contributed by atoms with Gasteiger partial charge >= 0.3 is 6.09 Å². The summed E-state index contributed by atoms with van der Waals surface area (Å²) >= 11 is 0. The molecule has 1 aliphatic rings. The second kappa shape index (κ2) is 7.75. The van der Waals surface area contributed by atoms with Crippen LogP contribution in [0.25, 0.3) is 0 Å².